The van der Waals surface area contributed by atoms with Crippen LogP contribution in [0.3, 0.4) is 0 Å². The van der Waals surface area contributed by atoms with Crippen LogP contribution in [0.5, 0.6) is 0 Å². The average Bonchev–Trinajstić information content (AvgIpc) is 3.22. The van der Waals surface area contributed by atoms with Gasteiger partial charge in [0.2, 0.25) is 0 Å². The number of allylic oxidation sites excluding steroid dienone is 1. The minimum Gasteiger partial charge on any atom is -0.465 e. The van der Waals surface area contributed by atoms with Crippen LogP contribution in [0, 0.1) is 20.2 Å². The molecule has 0 radical (unpaired) electrons. The fourth-order valence-electron chi connectivity index (χ4n) is 2.35. The van der Waals surface area contributed by atoms with Crippen LogP contribution in [-0.2, 0) is 0 Å². The van der Waals surface area contributed by atoms with Crippen LogP contribution >= 0.6 is 0 Å². The summed E-state index contributed by atoms with van der Waals surface area (Å²) in [6.07, 6.45) is 4.94. The zero-order valence-electron chi connectivity index (χ0n) is 14.4. The lowest BCUT2D eigenvalue weighted by Gasteiger charge is -2.05. The van der Waals surface area contributed by atoms with Gasteiger partial charge in [0.15, 0.2) is 0 Å². The summed E-state index contributed by atoms with van der Waals surface area (Å²) in [5.41, 5.74) is 3.11. The Morgan fingerprint density at radius 1 is 1.00 bits per heavy atom. The van der Waals surface area contributed by atoms with Crippen molar-refractivity contribution in [2.75, 3.05) is 5.43 Å². The molecule has 0 aliphatic rings. The van der Waals surface area contributed by atoms with E-state index in [0.717, 1.165) is 11.6 Å². The van der Waals surface area contributed by atoms with Crippen molar-refractivity contribution in [3.63, 3.8) is 0 Å². The molecule has 0 fully saturated rings. The molecule has 0 saturated heterocycles. The maximum atomic E-state index is 11.3. The molecule has 0 spiro atoms. The van der Waals surface area contributed by atoms with Crippen molar-refractivity contribution in [3.8, 4) is 0 Å². The van der Waals surface area contributed by atoms with Crippen LogP contribution in [0.2, 0.25) is 0 Å². The summed E-state index contributed by atoms with van der Waals surface area (Å²) in [6.45, 7) is 0. The van der Waals surface area contributed by atoms with Crippen molar-refractivity contribution in [1.29, 1.82) is 0 Å². The molecule has 0 saturated carbocycles. The standard InChI is InChI=1S/C19H14N4O5/c24-22(25)15-8-10-18(19(13-15)23(26)27)21-20-17(14-5-2-1-3-6-14)11-9-16-7-4-12-28-16/h1-13,21H. The number of hydrogen-bond donors (Lipinski definition) is 1. The maximum Gasteiger partial charge on any atom is 0.301 e. The molecular weight excluding hydrogens is 364 g/mol. The highest BCUT2D eigenvalue weighted by Crippen LogP contribution is 2.29. The van der Waals surface area contributed by atoms with Crippen LogP contribution in [0.4, 0.5) is 17.1 Å². The number of rotatable bonds is 7. The van der Waals surface area contributed by atoms with E-state index in [4.69, 9.17) is 4.42 Å². The Bertz CT molecular complexity index is 1040. The monoisotopic (exact) mass is 378 g/mol. The van der Waals surface area contributed by atoms with Gasteiger partial charge in [0.25, 0.3) is 5.69 Å². The van der Waals surface area contributed by atoms with E-state index in [1.54, 1.807) is 24.3 Å². The Hall–Kier alpha value is -4.27. The summed E-state index contributed by atoms with van der Waals surface area (Å²) in [7, 11) is 0. The van der Waals surface area contributed by atoms with Gasteiger partial charge in [-0.1, -0.05) is 30.3 Å². The number of nitrogens with one attached hydrogen (secondary N) is 1. The topological polar surface area (TPSA) is 124 Å². The summed E-state index contributed by atoms with van der Waals surface area (Å²) >= 11 is 0. The van der Waals surface area contributed by atoms with E-state index in [-0.39, 0.29) is 11.4 Å². The van der Waals surface area contributed by atoms with Gasteiger partial charge in [-0.15, -0.1) is 0 Å². The molecule has 140 valence electrons. The Kier molecular flexibility index (Phi) is 5.56. The molecule has 0 aliphatic carbocycles. The first-order valence-electron chi connectivity index (χ1n) is 8.08. The van der Waals surface area contributed by atoms with Crippen LogP contribution in [-0.4, -0.2) is 15.6 Å². The second kappa shape index (κ2) is 8.41. The minimum absolute atomic E-state index is 0.0374. The summed E-state index contributed by atoms with van der Waals surface area (Å²) in [4.78, 5) is 20.7. The first kappa shape index (κ1) is 18.5. The summed E-state index contributed by atoms with van der Waals surface area (Å²) in [5.74, 6) is 0.616. The van der Waals surface area contributed by atoms with Crippen molar-refractivity contribution >= 4 is 28.8 Å². The zero-order chi connectivity index (χ0) is 19.9. The molecule has 28 heavy (non-hydrogen) atoms. The number of hydrazone groups is 1. The highest BCUT2D eigenvalue weighted by atomic mass is 16.6. The third-order valence-electron chi connectivity index (χ3n) is 3.70. The average molecular weight is 378 g/mol. The summed E-state index contributed by atoms with van der Waals surface area (Å²) in [6, 6.07) is 16.0. The first-order valence-corrected chi connectivity index (χ1v) is 8.08. The number of hydrogen-bond acceptors (Lipinski definition) is 7. The fourth-order valence-corrected chi connectivity index (χ4v) is 2.35. The second-order valence-corrected chi connectivity index (χ2v) is 5.54. The lowest BCUT2D eigenvalue weighted by Crippen LogP contribution is -2.03. The van der Waals surface area contributed by atoms with Gasteiger partial charge in [-0.2, -0.15) is 5.10 Å². The number of nitrogens with zero attached hydrogens (tertiary/aromatic N) is 3. The molecule has 0 atom stereocenters. The van der Waals surface area contributed by atoms with E-state index >= 15 is 0 Å². The van der Waals surface area contributed by atoms with Gasteiger partial charge >= 0.3 is 5.69 Å². The molecule has 2 aromatic carbocycles. The van der Waals surface area contributed by atoms with Crippen molar-refractivity contribution in [3.05, 3.63) is 105 Å². The van der Waals surface area contributed by atoms with Gasteiger partial charge in [-0.25, -0.2) is 0 Å². The molecule has 1 heterocycles. The van der Waals surface area contributed by atoms with Gasteiger partial charge in [0, 0.05) is 11.6 Å². The molecule has 0 unspecified atom stereocenters. The highest BCUT2D eigenvalue weighted by Gasteiger charge is 2.19. The van der Waals surface area contributed by atoms with E-state index in [0.29, 0.717) is 11.5 Å². The summed E-state index contributed by atoms with van der Waals surface area (Å²) in [5, 5.41) is 26.4. The number of furan rings is 1. The van der Waals surface area contributed by atoms with Crippen molar-refractivity contribution in [2.45, 2.75) is 0 Å². The third-order valence-corrected chi connectivity index (χ3v) is 3.70. The van der Waals surface area contributed by atoms with Gasteiger partial charge < -0.3 is 4.42 Å². The normalized spacial score (nSPS) is 11.5. The highest BCUT2D eigenvalue weighted by molar-refractivity contribution is 6.10. The van der Waals surface area contributed by atoms with Crippen LogP contribution < -0.4 is 5.43 Å². The van der Waals surface area contributed by atoms with Gasteiger partial charge in [0.05, 0.1) is 27.9 Å². The number of non-ortho nitro benzene ring substituents is 1. The maximum absolute atomic E-state index is 11.3. The van der Waals surface area contributed by atoms with E-state index in [1.165, 1.54) is 18.4 Å². The molecule has 3 rings (SSSR count). The number of nitro groups is 2. The zero-order valence-corrected chi connectivity index (χ0v) is 14.4. The lowest BCUT2D eigenvalue weighted by molar-refractivity contribution is -0.393. The van der Waals surface area contributed by atoms with Crippen LogP contribution in [0.1, 0.15) is 11.3 Å². The molecule has 0 aliphatic heterocycles. The first-order chi connectivity index (χ1) is 13.5. The van der Waals surface area contributed by atoms with E-state index in [9.17, 15) is 20.2 Å². The molecule has 1 N–H and O–H groups in total. The molecule has 3 aromatic rings. The largest absolute Gasteiger partial charge is 0.465 e. The van der Waals surface area contributed by atoms with Crippen molar-refractivity contribution in [2.24, 2.45) is 5.10 Å². The molecule has 9 heteroatoms. The SMILES string of the molecule is O=[N+]([O-])c1ccc(NN=C(C=Cc2ccco2)c2ccccc2)c([N+](=O)[O-])c1. The van der Waals surface area contributed by atoms with Crippen LogP contribution in [0.15, 0.2) is 82.5 Å². The van der Waals surface area contributed by atoms with Crippen LogP contribution in [0.25, 0.3) is 6.08 Å². The predicted octanol–water partition coefficient (Wildman–Crippen LogP) is 4.63. The molecule has 0 amide bonds. The number of benzene rings is 2. The number of anilines is 1. The summed E-state index contributed by atoms with van der Waals surface area (Å²) < 4.78 is 5.25. The predicted molar refractivity (Wildman–Crippen MR) is 104 cm³/mol. The van der Waals surface area contributed by atoms with Gasteiger partial charge in [-0.3, -0.25) is 25.7 Å². The fraction of sp³-hybridized carbons (Fsp3) is 0. The molecule has 1 aromatic heterocycles. The Labute approximate surface area is 158 Å². The smallest absolute Gasteiger partial charge is 0.301 e. The van der Waals surface area contributed by atoms with Crippen molar-refractivity contribution < 1.29 is 14.3 Å². The Balaban J connectivity index is 1.95. The third kappa shape index (κ3) is 4.47. The second-order valence-electron chi connectivity index (χ2n) is 5.54. The molecule has 9 nitrogen and oxygen atoms in total. The van der Waals surface area contributed by atoms with Crippen molar-refractivity contribution in [1.82, 2.24) is 0 Å². The van der Waals surface area contributed by atoms with Gasteiger partial charge in [0.1, 0.15) is 11.4 Å². The Morgan fingerprint density at radius 2 is 1.79 bits per heavy atom. The van der Waals surface area contributed by atoms with Gasteiger partial charge in [-0.05, 0) is 30.4 Å². The number of nitro benzene ring substituents is 2. The minimum atomic E-state index is -0.703. The lowest BCUT2D eigenvalue weighted by atomic mass is 10.1. The van der Waals surface area contributed by atoms with E-state index in [1.807, 2.05) is 30.3 Å². The quantitative estimate of drug-likeness (QED) is 0.363. The Morgan fingerprint density at radius 3 is 2.43 bits per heavy atom. The molecular formula is C19H14N4O5. The molecule has 0 bridgehead atoms. The van der Waals surface area contributed by atoms with E-state index in [2.05, 4.69) is 10.5 Å². The van der Waals surface area contributed by atoms with E-state index < -0.39 is 15.5 Å².